The molecule has 0 aliphatic carbocycles. The van der Waals surface area contributed by atoms with Gasteiger partial charge in [-0.15, -0.1) is 5.10 Å². The molecule has 3 aromatic rings. The molecule has 0 saturated heterocycles. The maximum Gasteiger partial charge on any atom is 0.234 e. The van der Waals surface area contributed by atoms with Crippen molar-refractivity contribution >= 4 is 39.3 Å². The van der Waals surface area contributed by atoms with Crippen LogP contribution < -0.4 is 10.1 Å². The molecule has 2 N–H and O–H groups in total. The first-order chi connectivity index (χ1) is 13.0. The molecule has 2 aromatic carbocycles. The monoisotopic (exact) mass is 446 g/mol. The average molecular weight is 447 g/mol. The number of carbonyl (C=O) groups is 1. The Morgan fingerprint density at radius 3 is 2.89 bits per heavy atom. The number of nitrogens with zero attached hydrogens (tertiary/aromatic N) is 2. The van der Waals surface area contributed by atoms with Crippen LogP contribution in [0.4, 0.5) is 5.69 Å². The maximum atomic E-state index is 12.1. The summed E-state index contributed by atoms with van der Waals surface area (Å²) in [6, 6.07) is 13.5. The van der Waals surface area contributed by atoms with Gasteiger partial charge in [0.05, 0.1) is 5.75 Å². The fraction of sp³-hybridized carbons (Fsp3) is 0.211. The number of aryl methyl sites for hydroxylation is 2. The maximum absolute atomic E-state index is 12.1. The molecule has 0 saturated carbocycles. The second-order valence-corrected chi connectivity index (χ2v) is 7.82. The second kappa shape index (κ2) is 9.05. The molecule has 3 rings (SSSR count). The number of benzene rings is 2. The van der Waals surface area contributed by atoms with Crippen molar-refractivity contribution in [2.75, 3.05) is 11.1 Å². The van der Waals surface area contributed by atoms with Crippen molar-refractivity contribution in [2.24, 2.45) is 0 Å². The van der Waals surface area contributed by atoms with Gasteiger partial charge < -0.3 is 10.1 Å². The first-order valence-electron chi connectivity index (χ1n) is 8.29. The Hall–Kier alpha value is -2.32. The Labute approximate surface area is 170 Å². The number of thioether (sulfide) groups is 1. The molecule has 140 valence electrons. The van der Waals surface area contributed by atoms with E-state index in [0.29, 0.717) is 17.6 Å². The molecule has 0 atom stereocenters. The van der Waals surface area contributed by atoms with Gasteiger partial charge in [0, 0.05) is 10.2 Å². The van der Waals surface area contributed by atoms with E-state index < -0.39 is 0 Å². The van der Waals surface area contributed by atoms with Crippen molar-refractivity contribution in [1.29, 1.82) is 0 Å². The standard InChI is InChI=1S/C19H19BrN4O2S/c1-12-4-3-5-15(8-12)26-10-17-22-19(24-23-17)27-11-18(25)21-16-7-6-14(20)9-13(16)2/h3-9H,10-11H2,1-2H3,(H,21,25)(H,22,23,24). The number of halogens is 1. The van der Waals surface area contributed by atoms with E-state index in [2.05, 4.69) is 36.4 Å². The molecule has 0 aliphatic heterocycles. The quantitative estimate of drug-likeness (QED) is 0.522. The van der Waals surface area contributed by atoms with Crippen LogP contribution in [-0.4, -0.2) is 26.8 Å². The molecule has 0 unspecified atom stereocenters. The van der Waals surface area contributed by atoms with Crippen molar-refractivity contribution < 1.29 is 9.53 Å². The van der Waals surface area contributed by atoms with E-state index in [9.17, 15) is 4.79 Å². The lowest BCUT2D eigenvalue weighted by atomic mass is 10.2. The lowest BCUT2D eigenvalue weighted by Crippen LogP contribution is -2.14. The lowest BCUT2D eigenvalue weighted by Gasteiger charge is -2.07. The molecule has 27 heavy (non-hydrogen) atoms. The van der Waals surface area contributed by atoms with Crippen molar-refractivity contribution in [3.05, 3.63) is 63.9 Å². The minimum Gasteiger partial charge on any atom is -0.486 e. The zero-order chi connectivity index (χ0) is 19.2. The molecular formula is C19H19BrN4O2S. The van der Waals surface area contributed by atoms with Crippen LogP contribution in [0.3, 0.4) is 0 Å². The van der Waals surface area contributed by atoms with Crippen molar-refractivity contribution in [2.45, 2.75) is 25.6 Å². The van der Waals surface area contributed by atoms with E-state index in [1.54, 1.807) is 0 Å². The van der Waals surface area contributed by atoms with Crippen molar-refractivity contribution in [3.63, 3.8) is 0 Å². The number of aromatic nitrogens is 3. The Kier molecular flexibility index (Phi) is 6.52. The van der Waals surface area contributed by atoms with Crippen LogP contribution >= 0.6 is 27.7 Å². The molecule has 0 radical (unpaired) electrons. The van der Waals surface area contributed by atoms with Crippen molar-refractivity contribution in [1.82, 2.24) is 15.2 Å². The molecule has 1 aromatic heterocycles. The topological polar surface area (TPSA) is 79.9 Å². The van der Waals surface area contributed by atoms with Gasteiger partial charge in [0.2, 0.25) is 11.1 Å². The first kappa shape index (κ1) is 19.4. The van der Waals surface area contributed by atoms with Gasteiger partial charge in [-0.25, -0.2) is 4.98 Å². The third-order valence-corrected chi connectivity index (χ3v) is 5.01. The highest BCUT2D eigenvalue weighted by atomic mass is 79.9. The molecule has 0 spiro atoms. The molecular weight excluding hydrogens is 428 g/mol. The fourth-order valence-corrected chi connectivity index (χ4v) is 3.44. The molecule has 0 aliphatic rings. The van der Waals surface area contributed by atoms with Crippen LogP contribution in [0.25, 0.3) is 0 Å². The highest BCUT2D eigenvalue weighted by Gasteiger charge is 2.10. The van der Waals surface area contributed by atoms with E-state index in [4.69, 9.17) is 4.74 Å². The number of carbonyl (C=O) groups excluding carboxylic acids is 1. The smallest absolute Gasteiger partial charge is 0.234 e. The number of rotatable bonds is 7. The highest BCUT2D eigenvalue weighted by molar-refractivity contribution is 9.10. The fourth-order valence-electron chi connectivity index (χ4n) is 2.35. The van der Waals surface area contributed by atoms with Gasteiger partial charge in [0.25, 0.3) is 0 Å². The van der Waals surface area contributed by atoms with Crippen LogP contribution in [0.5, 0.6) is 5.75 Å². The van der Waals surface area contributed by atoms with Crippen LogP contribution in [0.1, 0.15) is 17.0 Å². The Morgan fingerprint density at radius 2 is 2.11 bits per heavy atom. The normalized spacial score (nSPS) is 10.6. The number of nitrogens with one attached hydrogen (secondary N) is 2. The predicted molar refractivity (Wildman–Crippen MR) is 110 cm³/mol. The number of hydrogen-bond acceptors (Lipinski definition) is 5. The highest BCUT2D eigenvalue weighted by Crippen LogP contribution is 2.21. The number of hydrogen-bond donors (Lipinski definition) is 2. The summed E-state index contributed by atoms with van der Waals surface area (Å²) < 4.78 is 6.67. The number of anilines is 1. The van der Waals surface area contributed by atoms with Crippen LogP contribution in [0, 0.1) is 13.8 Å². The van der Waals surface area contributed by atoms with E-state index in [-0.39, 0.29) is 11.7 Å². The molecule has 1 amide bonds. The molecule has 0 bridgehead atoms. The number of amides is 1. The van der Waals surface area contributed by atoms with Gasteiger partial charge in [0.1, 0.15) is 12.4 Å². The molecule has 8 heteroatoms. The van der Waals surface area contributed by atoms with E-state index in [1.807, 2.05) is 56.3 Å². The summed E-state index contributed by atoms with van der Waals surface area (Å²) in [7, 11) is 0. The minimum atomic E-state index is -0.104. The Morgan fingerprint density at radius 1 is 1.26 bits per heavy atom. The van der Waals surface area contributed by atoms with E-state index in [0.717, 1.165) is 27.0 Å². The summed E-state index contributed by atoms with van der Waals surface area (Å²) in [6.07, 6.45) is 0. The first-order valence-corrected chi connectivity index (χ1v) is 10.1. The van der Waals surface area contributed by atoms with E-state index >= 15 is 0 Å². The minimum absolute atomic E-state index is 0.104. The molecule has 6 nitrogen and oxygen atoms in total. The van der Waals surface area contributed by atoms with E-state index in [1.165, 1.54) is 11.8 Å². The second-order valence-electron chi connectivity index (χ2n) is 5.97. The zero-order valence-electron chi connectivity index (χ0n) is 15.0. The molecule has 0 fully saturated rings. The summed E-state index contributed by atoms with van der Waals surface area (Å²) in [5, 5.41) is 10.4. The summed E-state index contributed by atoms with van der Waals surface area (Å²) in [5.41, 5.74) is 2.93. The SMILES string of the molecule is Cc1cccc(OCc2nc(SCC(=O)Nc3ccc(Br)cc3C)n[nH]2)c1. The zero-order valence-corrected chi connectivity index (χ0v) is 17.4. The van der Waals surface area contributed by atoms with Gasteiger partial charge >= 0.3 is 0 Å². The summed E-state index contributed by atoms with van der Waals surface area (Å²) >= 11 is 4.68. The third kappa shape index (κ3) is 5.83. The summed E-state index contributed by atoms with van der Waals surface area (Å²) in [4.78, 5) is 16.5. The summed E-state index contributed by atoms with van der Waals surface area (Å²) in [6.45, 7) is 4.25. The van der Waals surface area contributed by atoms with Crippen LogP contribution in [0.2, 0.25) is 0 Å². The number of aromatic amines is 1. The number of ether oxygens (including phenoxy) is 1. The van der Waals surface area contributed by atoms with Gasteiger partial charge in [-0.2, -0.15) is 0 Å². The average Bonchev–Trinajstić information content (AvgIpc) is 3.09. The third-order valence-electron chi connectivity index (χ3n) is 3.67. The largest absolute Gasteiger partial charge is 0.486 e. The summed E-state index contributed by atoms with van der Waals surface area (Å²) in [5.74, 6) is 1.52. The Bertz CT molecular complexity index is 945. The van der Waals surface area contributed by atoms with Gasteiger partial charge in [-0.05, 0) is 55.3 Å². The number of H-pyrrole nitrogens is 1. The van der Waals surface area contributed by atoms with Gasteiger partial charge in [-0.3, -0.25) is 9.89 Å². The predicted octanol–water partition coefficient (Wildman–Crippen LogP) is 4.49. The van der Waals surface area contributed by atoms with Crippen LogP contribution in [0.15, 0.2) is 52.1 Å². The van der Waals surface area contributed by atoms with Crippen molar-refractivity contribution in [3.8, 4) is 5.75 Å². The van der Waals surface area contributed by atoms with Crippen LogP contribution in [-0.2, 0) is 11.4 Å². The van der Waals surface area contributed by atoms with Gasteiger partial charge in [-0.1, -0.05) is 39.8 Å². The lowest BCUT2D eigenvalue weighted by molar-refractivity contribution is -0.113. The Balaban J connectivity index is 1.48. The molecule has 1 heterocycles. The van der Waals surface area contributed by atoms with Gasteiger partial charge in [0.15, 0.2) is 5.82 Å².